The van der Waals surface area contributed by atoms with Gasteiger partial charge in [-0.2, -0.15) is 0 Å². The molecule has 3 heterocycles. The maximum atomic E-state index is 11.3. The Morgan fingerprint density at radius 1 is 1.25 bits per heavy atom. The van der Waals surface area contributed by atoms with Crippen molar-refractivity contribution in [3.05, 3.63) is 24.2 Å². The van der Waals surface area contributed by atoms with Crippen molar-refractivity contribution < 1.29 is 4.79 Å². The molecule has 0 atom stereocenters. The number of anilines is 1. The average Bonchev–Trinajstić information content (AvgIpc) is 2.82. The quantitative estimate of drug-likeness (QED) is 0.832. The third-order valence-corrected chi connectivity index (χ3v) is 3.68. The van der Waals surface area contributed by atoms with Gasteiger partial charge in [0.2, 0.25) is 5.91 Å². The standard InChI is InChI=1S/C13H18N6O/c1-10(20)18-6-4-17(5-7-18)9-13-16-15-12-3-2-11(14)8-19(12)13/h2-3,8H,4-7,9,14H2,1H3. The fourth-order valence-corrected chi connectivity index (χ4v) is 2.48. The lowest BCUT2D eigenvalue weighted by molar-refractivity contribution is -0.130. The molecule has 0 aliphatic carbocycles. The molecule has 1 saturated heterocycles. The summed E-state index contributed by atoms with van der Waals surface area (Å²) in [5, 5.41) is 8.35. The van der Waals surface area contributed by atoms with Gasteiger partial charge in [0.15, 0.2) is 11.5 Å². The molecule has 7 heteroatoms. The number of fused-ring (bicyclic) bond motifs is 1. The number of pyridine rings is 1. The molecule has 1 fully saturated rings. The monoisotopic (exact) mass is 274 g/mol. The van der Waals surface area contributed by atoms with Crippen LogP contribution in [-0.2, 0) is 11.3 Å². The zero-order chi connectivity index (χ0) is 14.1. The van der Waals surface area contributed by atoms with Crippen molar-refractivity contribution in [3.63, 3.8) is 0 Å². The Labute approximate surface area is 117 Å². The van der Waals surface area contributed by atoms with Crippen LogP contribution >= 0.6 is 0 Å². The summed E-state index contributed by atoms with van der Waals surface area (Å²) in [5.74, 6) is 1.02. The molecule has 2 N–H and O–H groups in total. The highest BCUT2D eigenvalue weighted by Crippen LogP contribution is 2.11. The maximum absolute atomic E-state index is 11.3. The summed E-state index contributed by atoms with van der Waals surface area (Å²) in [6.07, 6.45) is 1.84. The van der Waals surface area contributed by atoms with Gasteiger partial charge in [0.25, 0.3) is 0 Å². The van der Waals surface area contributed by atoms with Gasteiger partial charge < -0.3 is 10.6 Å². The number of nitrogens with two attached hydrogens (primary N) is 1. The van der Waals surface area contributed by atoms with Gasteiger partial charge >= 0.3 is 0 Å². The smallest absolute Gasteiger partial charge is 0.219 e. The maximum Gasteiger partial charge on any atom is 0.219 e. The van der Waals surface area contributed by atoms with Crippen LogP contribution in [0.3, 0.4) is 0 Å². The molecule has 1 aliphatic heterocycles. The van der Waals surface area contributed by atoms with E-state index in [4.69, 9.17) is 5.73 Å². The van der Waals surface area contributed by atoms with Crippen molar-refractivity contribution in [1.82, 2.24) is 24.4 Å². The first-order valence-electron chi connectivity index (χ1n) is 6.70. The van der Waals surface area contributed by atoms with Crippen LogP contribution in [0.15, 0.2) is 18.3 Å². The molecule has 20 heavy (non-hydrogen) atoms. The number of hydrogen-bond acceptors (Lipinski definition) is 5. The fraction of sp³-hybridized carbons (Fsp3) is 0.462. The van der Waals surface area contributed by atoms with Gasteiger partial charge in [-0.25, -0.2) is 0 Å². The van der Waals surface area contributed by atoms with E-state index in [9.17, 15) is 4.79 Å². The first-order chi connectivity index (χ1) is 9.63. The Hall–Kier alpha value is -2.15. The number of nitrogen functional groups attached to an aromatic ring is 1. The van der Waals surface area contributed by atoms with Crippen LogP contribution in [0.1, 0.15) is 12.7 Å². The van der Waals surface area contributed by atoms with Crippen LogP contribution in [0, 0.1) is 0 Å². The van der Waals surface area contributed by atoms with E-state index < -0.39 is 0 Å². The molecular weight excluding hydrogens is 256 g/mol. The van der Waals surface area contributed by atoms with Crippen LogP contribution in [0.4, 0.5) is 5.69 Å². The van der Waals surface area contributed by atoms with Gasteiger partial charge in [0.05, 0.1) is 6.54 Å². The summed E-state index contributed by atoms with van der Waals surface area (Å²) < 4.78 is 1.92. The number of carbonyl (C=O) groups excluding carboxylic acids is 1. The minimum Gasteiger partial charge on any atom is -0.398 e. The Balaban J connectivity index is 1.71. The van der Waals surface area contributed by atoms with E-state index in [1.54, 1.807) is 6.92 Å². The second kappa shape index (κ2) is 5.09. The summed E-state index contributed by atoms with van der Waals surface area (Å²) in [5.41, 5.74) is 7.30. The number of hydrogen-bond donors (Lipinski definition) is 1. The van der Waals surface area contributed by atoms with Crippen molar-refractivity contribution in [1.29, 1.82) is 0 Å². The zero-order valence-corrected chi connectivity index (χ0v) is 11.5. The molecule has 2 aromatic heterocycles. The number of nitrogens with zero attached hydrogens (tertiary/aromatic N) is 5. The number of amides is 1. The van der Waals surface area contributed by atoms with E-state index in [0.29, 0.717) is 5.69 Å². The molecule has 7 nitrogen and oxygen atoms in total. The molecular formula is C13H18N6O. The Bertz CT molecular complexity index is 629. The predicted octanol–water partition coefficient (Wildman–Crippen LogP) is -0.0244. The number of rotatable bonds is 2. The Morgan fingerprint density at radius 3 is 2.70 bits per heavy atom. The van der Waals surface area contributed by atoms with E-state index in [1.807, 2.05) is 27.6 Å². The van der Waals surface area contributed by atoms with Crippen LogP contribution in [-0.4, -0.2) is 56.5 Å². The summed E-state index contributed by atoms with van der Waals surface area (Å²) in [6, 6.07) is 3.68. The van der Waals surface area contributed by atoms with Crippen LogP contribution in [0.2, 0.25) is 0 Å². The highest BCUT2D eigenvalue weighted by atomic mass is 16.2. The van der Waals surface area contributed by atoms with Crippen molar-refractivity contribution in [3.8, 4) is 0 Å². The van der Waals surface area contributed by atoms with E-state index in [2.05, 4.69) is 15.1 Å². The van der Waals surface area contributed by atoms with Gasteiger partial charge in [0.1, 0.15) is 0 Å². The Kier molecular flexibility index (Phi) is 3.27. The van der Waals surface area contributed by atoms with Crippen molar-refractivity contribution >= 4 is 17.2 Å². The third kappa shape index (κ3) is 2.44. The number of aromatic nitrogens is 3. The van der Waals surface area contributed by atoms with Crippen molar-refractivity contribution in [2.24, 2.45) is 0 Å². The van der Waals surface area contributed by atoms with Gasteiger partial charge in [-0.3, -0.25) is 14.1 Å². The highest BCUT2D eigenvalue weighted by Gasteiger charge is 2.20. The SMILES string of the molecule is CC(=O)N1CCN(Cc2nnc3ccc(N)cn23)CC1. The highest BCUT2D eigenvalue weighted by molar-refractivity contribution is 5.73. The number of carbonyl (C=O) groups is 1. The predicted molar refractivity (Wildman–Crippen MR) is 74.9 cm³/mol. The lowest BCUT2D eigenvalue weighted by Crippen LogP contribution is -2.47. The average molecular weight is 274 g/mol. The van der Waals surface area contributed by atoms with Crippen LogP contribution in [0.25, 0.3) is 5.65 Å². The van der Waals surface area contributed by atoms with Crippen molar-refractivity contribution in [2.45, 2.75) is 13.5 Å². The van der Waals surface area contributed by atoms with Gasteiger partial charge in [0, 0.05) is 45.0 Å². The van der Waals surface area contributed by atoms with E-state index >= 15 is 0 Å². The van der Waals surface area contributed by atoms with Gasteiger partial charge in [-0.05, 0) is 12.1 Å². The summed E-state index contributed by atoms with van der Waals surface area (Å²) >= 11 is 0. The molecule has 0 spiro atoms. The molecule has 0 saturated carbocycles. The lowest BCUT2D eigenvalue weighted by Gasteiger charge is -2.33. The molecule has 0 radical (unpaired) electrons. The minimum atomic E-state index is 0.144. The molecule has 3 rings (SSSR count). The summed E-state index contributed by atoms with van der Waals surface area (Å²) in [6.45, 7) is 5.59. The van der Waals surface area contributed by atoms with Gasteiger partial charge in [-0.1, -0.05) is 0 Å². The second-order valence-corrected chi connectivity index (χ2v) is 5.09. The van der Waals surface area contributed by atoms with E-state index in [0.717, 1.165) is 44.2 Å². The van der Waals surface area contributed by atoms with Crippen LogP contribution < -0.4 is 5.73 Å². The fourth-order valence-electron chi connectivity index (χ4n) is 2.48. The second-order valence-electron chi connectivity index (χ2n) is 5.09. The van der Waals surface area contributed by atoms with Crippen molar-refractivity contribution in [2.75, 3.05) is 31.9 Å². The zero-order valence-electron chi connectivity index (χ0n) is 11.5. The minimum absolute atomic E-state index is 0.144. The molecule has 106 valence electrons. The first-order valence-corrected chi connectivity index (χ1v) is 6.70. The molecule has 2 aromatic rings. The number of piperazine rings is 1. The first kappa shape index (κ1) is 12.9. The Morgan fingerprint density at radius 2 is 2.00 bits per heavy atom. The molecule has 1 amide bonds. The molecule has 0 bridgehead atoms. The van der Waals surface area contributed by atoms with Crippen LogP contribution in [0.5, 0.6) is 0 Å². The third-order valence-electron chi connectivity index (χ3n) is 3.68. The lowest BCUT2D eigenvalue weighted by atomic mass is 10.3. The summed E-state index contributed by atoms with van der Waals surface area (Å²) in [7, 11) is 0. The van der Waals surface area contributed by atoms with Gasteiger partial charge in [-0.15, -0.1) is 10.2 Å². The van der Waals surface area contributed by atoms with E-state index in [1.165, 1.54) is 0 Å². The molecule has 0 aromatic carbocycles. The normalized spacial score (nSPS) is 16.8. The molecule has 0 unspecified atom stereocenters. The van der Waals surface area contributed by atoms with E-state index in [-0.39, 0.29) is 5.91 Å². The molecule has 1 aliphatic rings. The largest absolute Gasteiger partial charge is 0.398 e. The topological polar surface area (TPSA) is 79.8 Å². The summed E-state index contributed by atoms with van der Waals surface area (Å²) in [4.78, 5) is 15.5.